The summed E-state index contributed by atoms with van der Waals surface area (Å²) in [6.45, 7) is 2.42. The fraction of sp³-hybridized carbons (Fsp3) is 0.231. The van der Waals surface area contributed by atoms with Gasteiger partial charge in [0.1, 0.15) is 30.5 Å². The van der Waals surface area contributed by atoms with Gasteiger partial charge in [0, 0.05) is 5.69 Å². The normalized spacial score (nSPS) is 10.3. The molecule has 1 N–H and O–H groups in total. The van der Waals surface area contributed by atoms with E-state index in [2.05, 4.69) is 5.32 Å². The van der Waals surface area contributed by atoms with E-state index in [0.29, 0.717) is 18.0 Å². The number of halogens is 1. The van der Waals surface area contributed by atoms with Crippen molar-refractivity contribution in [3.8, 4) is 23.0 Å². The van der Waals surface area contributed by atoms with Crippen LogP contribution in [0.1, 0.15) is 17.3 Å². The number of esters is 1. The molecule has 0 heterocycles. The maximum absolute atomic E-state index is 13.0. The van der Waals surface area contributed by atoms with E-state index in [4.69, 9.17) is 23.7 Å². The highest BCUT2D eigenvalue weighted by molar-refractivity contribution is 5.92. The molecule has 0 bridgehead atoms. The van der Waals surface area contributed by atoms with Crippen LogP contribution in [0.2, 0.25) is 0 Å². The number of ether oxygens (including phenoxy) is 5. The zero-order valence-electron chi connectivity index (χ0n) is 19.4. The second kappa shape index (κ2) is 12.8. The summed E-state index contributed by atoms with van der Waals surface area (Å²) < 4.78 is 39.9. The molecule has 0 aliphatic rings. The number of benzene rings is 3. The van der Waals surface area contributed by atoms with Gasteiger partial charge in [0.2, 0.25) is 0 Å². The molecule has 0 unspecified atom stereocenters. The predicted molar refractivity (Wildman–Crippen MR) is 127 cm³/mol. The molecule has 1 amide bonds. The van der Waals surface area contributed by atoms with E-state index in [0.717, 1.165) is 5.75 Å². The number of anilines is 1. The molecule has 0 fully saturated rings. The van der Waals surface area contributed by atoms with Crippen LogP contribution in [0.15, 0.2) is 66.7 Å². The highest BCUT2D eigenvalue weighted by Gasteiger charge is 2.14. The first-order valence-corrected chi connectivity index (χ1v) is 10.9. The van der Waals surface area contributed by atoms with E-state index in [1.165, 1.54) is 49.6 Å². The minimum absolute atomic E-state index is 0.0518. The summed E-state index contributed by atoms with van der Waals surface area (Å²) in [4.78, 5) is 24.4. The Balaban J connectivity index is 1.46. The van der Waals surface area contributed by atoms with Gasteiger partial charge in [-0.2, -0.15) is 0 Å². The molecule has 0 saturated heterocycles. The summed E-state index contributed by atoms with van der Waals surface area (Å²) in [7, 11) is 1.42. The summed E-state index contributed by atoms with van der Waals surface area (Å²) in [5, 5.41) is 2.59. The van der Waals surface area contributed by atoms with Crippen molar-refractivity contribution in [3.05, 3.63) is 78.1 Å². The van der Waals surface area contributed by atoms with Gasteiger partial charge in [0.05, 0.1) is 19.3 Å². The number of carbonyl (C=O) groups is 2. The second-order valence-corrected chi connectivity index (χ2v) is 7.10. The topological polar surface area (TPSA) is 92.3 Å². The fourth-order valence-electron chi connectivity index (χ4n) is 2.96. The van der Waals surface area contributed by atoms with Gasteiger partial charge < -0.3 is 29.0 Å². The third-order valence-corrected chi connectivity index (χ3v) is 4.61. The number of hydrogen-bond donors (Lipinski definition) is 1. The number of amides is 1. The van der Waals surface area contributed by atoms with E-state index in [1.54, 1.807) is 24.3 Å². The molecule has 3 rings (SSSR count). The molecule has 9 heteroatoms. The summed E-state index contributed by atoms with van der Waals surface area (Å²) in [6.07, 6.45) is 0. The van der Waals surface area contributed by atoms with Gasteiger partial charge in [0.15, 0.2) is 18.1 Å². The second-order valence-electron chi connectivity index (χ2n) is 7.10. The molecular weight excluding hydrogens is 457 g/mol. The summed E-state index contributed by atoms with van der Waals surface area (Å²) in [5.41, 5.74) is 0.697. The van der Waals surface area contributed by atoms with Crippen molar-refractivity contribution in [1.82, 2.24) is 0 Å². The number of hydrogen-bond acceptors (Lipinski definition) is 7. The van der Waals surface area contributed by atoms with Crippen LogP contribution in [-0.4, -0.2) is 45.4 Å². The molecule has 35 heavy (non-hydrogen) atoms. The van der Waals surface area contributed by atoms with Crippen LogP contribution < -0.4 is 24.3 Å². The third-order valence-electron chi connectivity index (χ3n) is 4.61. The van der Waals surface area contributed by atoms with Crippen molar-refractivity contribution in [2.45, 2.75) is 6.92 Å². The number of carbonyl (C=O) groups excluding carboxylic acids is 2. The average Bonchev–Trinajstić information content (AvgIpc) is 2.87. The average molecular weight is 483 g/mol. The number of methoxy groups -OCH3 is 1. The van der Waals surface area contributed by atoms with Crippen LogP contribution in [0.5, 0.6) is 23.0 Å². The molecule has 3 aromatic carbocycles. The first-order chi connectivity index (χ1) is 17.0. The molecule has 0 spiro atoms. The Morgan fingerprint density at radius 2 is 1.51 bits per heavy atom. The summed E-state index contributed by atoms with van der Waals surface area (Å²) in [6, 6.07) is 17.0. The predicted octanol–water partition coefficient (Wildman–Crippen LogP) is 4.49. The maximum Gasteiger partial charge on any atom is 0.338 e. The van der Waals surface area contributed by atoms with Gasteiger partial charge in [-0.1, -0.05) is 0 Å². The Morgan fingerprint density at radius 3 is 2.17 bits per heavy atom. The van der Waals surface area contributed by atoms with Crippen LogP contribution in [0.25, 0.3) is 0 Å². The molecule has 0 aliphatic carbocycles. The number of rotatable bonds is 12. The smallest absolute Gasteiger partial charge is 0.338 e. The van der Waals surface area contributed by atoms with Crippen LogP contribution in [0, 0.1) is 5.82 Å². The minimum Gasteiger partial charge on any atom is -0.494 e. The molecule has 0 radical (unpaired) electrons. The van der Waals surface area contributed by atoms with Crippen molar-refractivity contribution in [2.24, 2.45) is 0 Å². The Morgan fingerprint density at radius 1 is 0.829 bits per heavy atom. The molecule has 0 atom stereocenters. The van der Waals surface area contributed by atoms with Gasteiger partial charge in [-0.05, 0) is 73.7 Å². The molecule has 0 aromatic heterocycles. The third kappa shape index (κ3) is 7.92. The van der Waals surface area contributed by atoms with Gasteiger partial charge >= 0.3 is 5.97 Å². The summed E-state index contributed by atoms with van der Waals surface area (Å²) >= 11 is 0. The number of nitrogens with one attached hydrogen (secondary N) is 1. The first-order valence-electron chi connectivity index (χ1n) is 10.9. The lowest BCUT2D eigenvalue weighted by molar-refractivity contribution is -0.118. The van der Waals surface area contributed by atoms with Crippen LogP contribution in [0.4, 0.5) is 10.1 Å². The lowest BCUT2D eigenvalue weighted by Gasteiger charge is -2.12. The molecule has 8 nitrogen and oxygen atoms in total. The Bertz CT molecular complexity index is 1120. The van der Waals surface area contributed by atoms with Crippen LogP contribution in [-0.2, 0) is 9.53 Å². The molecule has 184 valence electrons. The molecule has 0 aliphatic heterocycles. The standard InChI is InChI=1S/C26H26FNO7/c1-3-32-21-9-11-22(12-10-21)33-14-15-34-26(30)18-4-13-23(24(16-18)31-2)35-17-25(29)28-20-7-5-19(27)6-8-20/h4-13,16H,3,14-15,17H2,1-2H3,(H,28,29). The summed E-state index contributed by atoms with van der Waals surface area (Å²) in [5.74, 6) is 0.533. The zero-order chi connectivity index (χ0) is 25.0. The fourth-order valence-corrected chi connectivity index (χ4v) is 2.96. The van der Waals surface area contributed by atoms with E-state index in [1.807, 2.05) is 6.92 Å². The highest BCUT2D eigenvalue weighted by atomic mass is 19.1. The van der Waals surface area contributed by atoms with Crippen LogP contribution >= 0.6 is 0 Å². The molecular formula is C26H26FNO7. The maximum atomic E-state index is 13.0. The van der Waals surface area contributed by atoms with Crippen molar-refractivity contribution < 1.29 is 37.7 Å². The van der Waals surface area contributed by atoms with Gasteiger partial charge in [-0.3, -0.25) is 4.79 Å². The highest BCUT2D eigenvalue weighted by Crippen LogP contribution is 2.28. The van der Waals surface area contributed by atoms with Crippen LogP contribution in [0.3, 0.4) is 0 Å². The SMILES string of the molecule is CCOc1ccc(OCCOC(=O)c2ccc(OCC(=O)Nc3ccc(F)cc3)c(OC)c2)cc1. The Kier molecular flexibility index (Phi) is 9.30. The molecule has 3 aromatic rings. The Hall–Kier alpha value is -4.27. The van der Waals surface area contributed by atoms with Gasteiger partial charge in [-0.15, -0.1) is 0 Å². The van der Waals surface area contributed by atoms with E-state index >= 15 is 0 Å². The zero-order valence-corrected chi connectivity index (χ0v) is 19.4. The largest absolute Gasteiger partial charge is 0.494 e. The Labute approximate surface area is 202 Å². The van der Waals surface area contributed by atoms with Gasteiger partial charge in [-0.25, -0.2) is 9.18 Å². The van der Waals surface area contributed by atoms with Gasteiger partial charge in [0.25, 0.3) is 5.91 Å². The minimum atomic E-state index is -0.556. The van der Waals surface area contributed by atoms with E-state index in [-0.39, 0.29) is 36.9 Å². The first kappa shape index (κ1) is 25.4. The van der Waals surface area contributed by atoms with Crippen molar-refractivity contribution >= 4 is 17.6 Å². The monoisotopic (exact) mass is 483 g/mol. The van der Waals surface area contributed by atoms with E-state index < -0.39 is 17.7 Å². The lowest BCUT2D eigenvalue weighted by atomic mass is 10.2. The lowest BCUT2D eigenvalue weighted by Crippen LogP contribution is -2.20. The van der Waals surface area contributed by atoms with E-state index in [9.17, 15) is 14.0 Å². The quantitative estimate of drug-likeness (QED) is 0.300. The van der Waals surface area contributed by atoms with Crippen molar-refractivity contribution in [2.75, 3.05) is 38.9 Å². The van der Waals surface area contributed by atoms with Crippen molar-refractivity contribution in [3.63, 3.8) is 0 Å². The van der Waals surface area contributed by atoms with Crippen molar-refractivity contribution in [1.29, 1.82) is 0 Å². The molecule has 0 saturated carbocycles.